The molecule has 0 aromatic heterocycles. The number of carbonyl (C=O) groups is 3. The van der Waals surface area contributed by atoms with Gasteiger partial charge in [0, 0.05) is 12.8 Å². The Bertz CT molecular complexity index is 1420. The van der Waals surface area contributed by atoms with E-state index >= 15 is 0 Å². The largest absolute Gasteiger partial charge is 0.523 e. The molecule has 13 atom stereocenters. The van der Waals surface area contributed by atoms with Crippen LogP contribution in [0.25, 0.3) is 0 Å². The standard InChI is InChI=1S/C23H27F3O14S2/c1-6-13(29)36-12-10(28)19-11-8(40-42(34,35)23(24,25)26)9(17(3,4)5)18(19)14(30)22(33,41-7(2)27)39-16(18)38-21(19,15(31)37-11)20(6,12)32/h6,8-12,14,16,28,30,32-33H,1-5H3/t6-,8-,9+,10+,11?,12+,14-,16?,18?,19?,20-,21+,22?/m1/s1. The fraction of sp³-hybridized carbons (Fsp3) is 0.870. The highest BCUT2D eigenvalue weighted by Crippen LogP contribution is 2.86. The van der Waals surface area contributed by atoms with Crippen molar-refractivity contribution in [1.82, 2.24) is 0 Å². The van der Waals surface area contributed by atoms with Crippen LogP contribution in [0.4, 0.5) is 13.2 Å². The van der Waals surface area contributed by atoms with Gasteiger partial charge in [0.2, 0.25) is 5.60 Å². The smallest absolute Gasteiger partial charge is 0.456 e. The lowest BCUT2D eigenvalue weighted by Gasteiger charge is -2.49. The number of ether oxygens (including phenoxy) is 4. The Morgan fingerprint density at radius 2 is 1.64 bits per heavy atom. The predicted molar refractivity (Wildman–Crippen MR) is 125 cm³/mol. The maximum absolute atomic E-state index is 13.9. The molecule has 19 heteroatoms. The van der Waals surface area contributed by atoms with E-state index in [0.29, 0.717) is 0 Å². The maximum Gasteiger partial charge on any atom is 0.523 e. The van der Waals surface area contributed by atoms with E-state index in [0.717, 1.165) is 13.8 Å². The van der Waals surface area contributed by atoms with E-state index in [-0.39, 0.29) is 11.8 Å². The number of esters is 2. The van der Waals surface area contributed by atoms with Gasteiger partial charge in [0.15, 0.2) is 23.1 Å². The molecule has 6 rings (SSSR count). The van der Waals surface area contributed by atoms with Crippen LogP contribution in [-0.4, -0.2) is 105 Å². The number of thioether (sulfide) groups is 1. The molecule has 0 aromatic carbocycles. The summed E-state index contributed by atoms with van der Waals surface area (Å²) >= 11 is 0.0491. The highest BCUT2D eigenvalue weighted by Gasteiger charge is 3.05. The normalized spacial score (nSPS) is 52.6. The lowest BCUT2D eigenvalue weighted by Crippen LogP contribution is -2.68. The molecule has 2 spiro atoms. The second kappa shape index (κ2) is 7.97. The van der Waals surface area contributed by atoms with Gasteiger partial charge in [0.25, 0.3) is 5.12 Å². The lowest BCUT2D eigenvalue weighted by atomic mass is 9.50. The second-order valence-electron chi connectivity index (χ2n) is 12.7. The molecule has 6 aliphatic rings. The summed E-state index contributed by atoms with van der Waals surface area (Å²) in [4.78, 5) is 38.6. The number of alkyl halides is 3. The highest BCUT2D eigenvalue weighted by molar-refractivity contribution is 8.14. The quantitative estimate of drug-likeness (QED) is 0.123. The van der Waals surface area contributed by atoms with Crippen molar-refractivity contribution < 1.29 is 79.5 Å². The van der Waals surface area contributed by atoms with Crippen LogP contribution < -0.4 is 0 Å². The molecule has 236 valence electrons. The van der Waals surface area contributed by atoms with Crippen LogP contribution in [0.2, 0.25) is 0 Å². The molecule has 4 aliphatic heterocycles. The SMILES string of the molecule is CC(=O)SC1(O)OC2O[C@@]34C(=O)OC5[C@H](OS(=O)(=O)C(F)(F)F)[C@@H](C(C)(C)C)C2([C@H]1O)C53[C@@H](O)[C@@H]1OC(=O)[C@@H](C)[C@@]14O. The molecule has 0 amide bonds. The van der Waals surface area contributed by atoms with Crippen molar-refractivity contribution in [2.24, 2.45) is 28.1 Å². The van der Waals surface area contributed by atoms with E-state index in [9.17, 15) is 56.4 Å². The molecule has 4 saturated heterocycles. The Morgan fingerprint density at radius 1 is 1.05 bits per heavy atom. The van der Waals surface area contributed by atoms with Gasteiger partial charge in [-0.25, -0.2) is 4.79 Å². The number of aliphatic hydroxyl groups is 4. The summed E-state index contributed by atoms with van der Waals surface area (Å²) in [5, 5.41) is 43.8. The molecule has 42 heavy (non-hydrogen) atoms. The topological polar surface area (TPSA) is 212 Å². The van der Waals surface area contributed by atoms with E-state index in [1.165, 1.54) is 20.8 Å². The molecule has 0 radical (unpaired) electrons. The van der Waals surface area contributed by atoms with Gasteiger partial charge in [-0.3, -0.25) is 13.8 Å². The van der Waals surface area contributed by atoms with Gasteiger partial charge in [0.1, 0.15) is 24.4 Å². The number of aliphatic hydroxyl groups excluding tert-OH is 2. The molecule has 14 nitrogen and oxygen atoms in total. The Balaban J connectivity index is 1.71. The number of halogens is 3. The summed E-state index contributed by atoms with van der Waals surface area (Å²) in [7, 11) is -6.46. The van der Waals surface area contributed by atoms with Crippen molar-refractivity contribution in [3.63, 3.8) is 0 Å². The minimum Gasteiger partial charge on any atom is -0.456 e. The van der Waals surface area contributed by atoms with Crippen LogP contribution in [0.15, 0.2) is 0 Å². The van der Waals surface area contributed by atoms with Crippen LogP contribution in [0.5, 0.6) is 0 Å². The van der Waals surface area contributed by atoms with E-state index in [4.69, 9.17) is 23.1 Å². The average molecular weight is 649 g/mol. The summed E-state index contributed by atoms with van der Waals surface area (Å²) in [5.74, 6) is -5.99. The molecule has 4 heterocycles. The maximum atomic E-state index is 13.9. The third kappa shape index (κ3) is 2.81. The summed E-state index contributed by atoms with van der Waals surface area (Å²) in [5.41, 5.74) is -18.3. The fourth-order valence-corrected chi connectivity index (χ4v) is 10.4. The Labute approximate surface area is 239 Å². The van der Waals surface area contributed by atoms with E-state index in [1.54, 1.807) is 0 Å². The zero-order chi connectivity index (χ0) is 31.6. The van der Waals surface area contributed by atoms with Gasteiger partial charge >= 0.3 is 27.6 Å². The third-order valence-electron chi connectivity index (χ3n) is 9.91. The predicted octanol–water partition coefficient (Wildman–Crippen LogP) is -1.13. The first-order valence-corrected chi connectivity index (χ1v) is 14.9. The molecule has 2 saturated carbocycles. The average Bonchev–Trinajstić information content (AvgIpc) is 3.50. The van der Waals surface area contributed by atoms with Gasteiger partial charge in [-0.05, 0) is 24.1 Å². The van der Waals surface area contributed by atoms with Gasteiger partial charge in [-0.2, -0.15) is 21.6 Å². The van der Waals surface area contributed by atoms with Gasteiger partial charge in [-0.15, -0.1) is 0 Å². The Morgan fingerprint density at radius 3 is 2.17 bits per heavy atom. The summed E-state index contributed by atoms with van der Waals surface area (Å²) in [6.07, 6.45) is -13.4. The minimum atomic E-state index is -6.46. The molecule has 4 N–H and O–H groups in total. The molecule has 0 bridgehead atoms. The number of hydrogen-bond donors (Lipinski definition) is 4. The Hall–Kier alpha value is -1.58. The van der Waals surface area contributed by atoms with Crippen molar-refractivity contribution in [3.05, 3.63) is 0 Å². The number of fused-ring (bicyclic) bond motifs is 1. The van der Waals surface area contributed by atoms with Crippen molar-refractivity contribution in [1.29, 1.82) is 0 Å². The second-order valence-corrected chi connectivity index (χ2v) is 15.6. The summed E-state index contributed by atoms with van der Waals surface area (Å²) < 4.78 is 93.0. The van der Waals surface area contributed by atoms with Gasteiger partial charge in [0.05, 0.1) is 16.7 Å². The van der Waals surface area contributed by atoms with Crippen LogP contribution in [0, 0.1) is 28.1 Å². The van der Waals surface area contributed by atoms with Crippen molar-refractivity contribution in [2.75, 3.05) is 0 Å². The van der Waals surface area contributed by atoms with Crippen LogP contribution >= 0.6 is 11.8 Å². The molecular formula is C23H27F3O14S2. The monoisotopic (exact) mass is 648 g/mol. The zero-order valence-electron chi connectivity index (χ0n) is 22.4. The lowest BCUT2D eigenvalue weighted by molar-refractivity contribution is -0.271. The Kier molecular flexibility index (Phi) is 5.78. The minimum absolute atomic E-state index is 0.0491. The molecular weight excluding hydrogens is 621 g/mol. The van der Waals surface area contributed by atoms with E-state index in [2.05, 4.69) is 0 Å². The van der Waals surface area contributed by atoms with Crippen LogP contribution in [0.3, 0.4) is 0 Å². The van der Waals surface area contributed by atoms with Crippen molar-refractivity contribution in [3.8, 4) is 0 Å². The van der Waals surface area contributed by atoms with Crippen LogP contribution in [0.1, 0.15) is 34.6 Å². The number of carbonyl (C=O) groups excluding carboxylic acids is 3. The van der Waals surface area contributed by atoms with Crippen molar-refractivity contribution in [2.45, 2.75) is 93.3 Å². The third-order valence-corrected chi connectivity index (χ3v) is 11.9. The first-order valence-electron chi connectivity index (χ1n) is 12.7. The molecule has 0 aromatic rings. The molecule has 2 aliphatic carbocycles. The van der Waals surface area contributed by atoms with Gasteiger partial charge in [-0.1, -0.05) is 20.8 Å². The molecule has 6 fully saturated rings. The number of rotatable bonds is 3. The van der Waals surface area contributed by atoms with Crippen molar-refractivity contribution >= 4 is 38.9 Å². The highest BCUT2D eigenvalue weighted by atomic mass is 32.2. The van der Waals surface area contributed by atoms with Gasteiger partial charge < -0.3 is 39.4 Å². The number of hydrogen-bond acceptors (Lipinski definition) is 15. The van der Waals surface area contributed by atoms with E-state index in [1.807, 2.05) is 0 Å². The fourth-order valence-electron chi connectivity index (χ4n) is 8.97. The summed E-state index contributed by atoms with van der Waals surface area (Å²) in [6.45, 7) is 6.34. The van der Waals surface area contributed by atoms with E-state index < -0.39 is 114 Å². The molecule has 5 unspecified atom stereocenters. The first-order chi connectivity index (χ1) is 18.9. The summed E-state index contributed by atoms with van der Waals surface area (Å²) in [6, 6.07) is 0. The first kappa shape index (κ1) is 30.4. The zero-order valence-corrected chi connectivity index (χ0v) is 24.1. The van der Waals surface area contributed by atoms with Crippen LogP contribution in [-0.2, 0) is 47.6 Å².